The molecule has 1 aromatic carbocycles. The third kappa shape index (κ3) is 4.13. The number of anilines is 1. The predicted molar refractivity (Wildman–Crippen MR) is 112 cm³/mol. The topological polar surface area (TPSA) is 110 Å². The summed E-state index contributed by atoms with van der Waals surface area (Å²) in [6, 6.07) is 10.7. The fourth-order valence-corrected chi connectivity index (χ4v) is 3.47. The zero-order chi connectivity index (χ0) is 22.0. The van der Waals surface area contributed by atoms with Crippen molar-refractivity contribution in [2.24, 2.45) is 0 Å². The standard InChI is InChI=1S/C22H21N3O6/c1-14(26)17-11-16(24-7-9-30-10-8-24)12-25-20(17)23-18(22(28)29)19(21(25)27)31-13-15-5-3-2-4-6-15/h2-6,11-12H,7-10,13H2,1H3,(H,28,29). The van der Waals surface area contributed by atoms with Crippen LogP contribution in [0.25, 0.3) is 5.65 Å². The van der Waals surface area contributed by atoms with E-state index in [1.165, 1.54) is 11.3 Å². The quantitative estimate of drug-likeness (QED) is 0.600. The third-order valence-electron chi connectivity index (χ3n) is 5.05. The van der Waals surface area contributed by atoms with Gasteiger partial charge in [-0.3, -0.25) is 14.0 Å². The smallest absolute Gasteiger partial charge is 0.358 e. The molecule has 0 spiro atoms. The number of hydrogen-bond donors (Lipinski definition) is 1. The number of benzene rings is 1. The summed E-state index contributed by atoms with van der Waals surface area (Å²) in [5.41, 5.74) is 0.368. The third-order valence-corrected chi connectivity index (χ3v) is 5.05. The van der Waals surface area contributed by atoms with Gasteiger partial charge in [0.25, 0.3) is 0 Å². The van der Waals surface area contributed by atoms with Gasteiger partial charge in [0.1, 0.15) is 6.61 Å². The molecule has 160 valence electrons. The molecule has 1 saturated heterocycles. The van der Waals surface area contributed by atoms with E-state index in [0.29, 0.717) is 32.0 Å². The van der Waals surface area contributed by atoms with E-state index in [9.17, 15) is 19.5 Å². The van der Waals surface area contributed by atoms with Gasteiger partial charge in [-0.25, -0.2) is 9.78 Å². The van der Waals surface area contributed by atoms with Crippen LogP contribution >= 0.6 is 0 Å². The van der Waals surface area contributed by atoms with Crippen molar-refractivity contribution in [1.82, 2.24) is 9.38 Å². The molecule has 0 unspecified atom stereocenters. The molecule has 1 aliphatic heterocycles. The molecular weight excluding hydrogens is 402 g/mol. The van der Waals surface area contributed by atoms with E-state index in [-0.39, 0.29) is 29.4 Å². The molecule has 0 radical (unpaired) electrons. The average molecular weight is 423 g/mol. The molecule has 31 heavy (non-hydrogen) atoms. The molecule has 0 bridgehead atoms. The van der Waals surface area contributed by atoms with E-state index in [4.69, 9.17) is 9.47 Å². The summed E-state index contributed by atoms with van der Waals surface area (Å²) >= 11 is 0. The number of rotatable bonds is 6. The van der Waals surface area contributed by atoms with Gasteiger partial charge in [0.15, 0.2) is 17.1 Å². The Bertz CT molecular complexity index is 1200. The van der Waals surface area contributed by atoms with Gasteiger partial charge in [-0.15, -0.1) is 0 Å². The molecule has 0 saturated carbocycles. The molecule has 1 aliphatic rings. The van der Waals surface area contributed by atoms with E-state index in [0.717, 1.165) is 5.56 Å². The largest absolute Gasteiger partial charge is 0.481 e. The summed E-state index contributed by atoms with van der Waals surface area (Å²) in [5.74, 6) is -2.11. The second-order valence-corrected chi connectivity index (χ2v) is 7.14. The second-order valence-electron chi connectivity index (χ2n) is 7.14. The summed E-state index contributed by atoms with van der Waals surface area (Å²) in [5, 5.41) is 9.64. The fraction of sp³-hybridized carbons (Fsp3) is 0.273. The van der Waals surface area contributed by atoms with Crippen LogP contribution in [-0.4, -0.2) is 52.5 Å². The molecule has 0 atom stereocenters. The number of aromatic nitrogens is 2. The number of carbonyl (C=O) groups is 2. The number of carbonyl (C=O) groups excluding carboxylic acids is 1. The number of ether oxygens (including phenoxy) is 2. The highest BCUT2D eigenvalue weighted by molar-refractivity contribution is 6.01. The Morgan fingerprint density at radius 2 is 1.90 bits per heavy atom. The number of carboxylic acids is 1. The van der Waals surface area contributed by atoms with E-state index < -0.39 is 17.2 Å². The summed E-state index contributed by atoms with van der Waals surface area (Å²) < 4.78 is 12.2. The molecule has 3 aromatic rings. The molecule has 0 amide bonds. The van der Waals surface area contributed by atoms with Crippen molar-refractivity contribution >= 4 is 23.1 Å². The number of pyridine rings is 1. The Morgan fingerprint density at radius 3 is 2.55 bits per heavy atom. The lowest BCUT2D eigenvalue weighted by molar-refractivity contribution is 0.0684. The highest BCUT2D eigenvalue weighted by Crippen LogP contribution is 2.23. The molecule has 9 heteroatoms. The van der Waals surface area contributed by atoms with Gasteiger partial charge < -0.3 is 19.5 Å². The zero-order valence-electron chi connectivity index (χ0n) is 16.9. The Hall–Kier alpha value is -3.72. The SMILES string of the molecule is CC(=O)c1cc(N2CCOCC2)cn2c(=O)c(OCc3ccccc3)c(C(=O)O)nc12. The van der Waals surface area contributed by atoms with Crippen LogP contribution in [0.5, 0.6) is 5.75 Å². The van der Waals surface area contributed by atoms with Gasteiger partial charge >= 0.3 is 11.5 Å². The molecule has 1 fully saturated rings. The number of aromatic carboxylic acids is 1. The normalized spacial score (nSPS) is 13.9. The van der Waals surface area contributed by atoms with Crippen molar-refractivity contribution < 1.29 is 24.2 Å². The van der Waals surface area contributed by atoms with Gasteiger partial charge in [0.05, 0.1) is 24.5 Å². The number of morpholine rings is 1. The van der Waals surface area contributed by atoms with Gasteiger partial charge in [0, 0.05) is 19.3 Å². The van der Waals surface area contributed by atoms with E-state index in [1.54, 1.807) is 24.4 Å². The molecule has 1 N–H and O–H groups in total. The molecule has 0 aliphatic carbocycles. The lowest BCUT2D eigenvalue weighted by Crippen LogP contribution is -2.37. The number of Topliss-reactive ketones (excluding diaryl/α,β-unsaturated/α-hetero) is 1. The Morgan fingerprint density at radius 1 is 1.19 bits per heavy atom. The van der Waals surface area contributed by atoms with Crippen LogP contribution in [0.4, 0.5) is 5.69 Å². The molecule has 4 rings (SSSR count). The van der Waals surface area contributed by atoms with Crippen LogP contribution in [0.1, 0.15) is 33.3 Å². The minimum Gasteiger partial charge on any atom is -0.481 e. The summed E-state index contributed by atoms with van der Waals surface area (Å²) in [4.78, 5) is 43.5. The van der Waals surface area contributed by atoms with Crippen molar-refractivity contribution in [2.45, 2.75) is 13.5 Å². The van der Waals surface area contributed by atoms with E-state index >= 15 is 0 Å². The van der Waals surface area contributed by atoms with Crippen LogP contribution in [0.3, 0.4) is 0 Å². The first kappa shape index (κ1) is 20.5. The maximum Gasteiger partial charge on any atom is 0.358 e. The summed E-state index contributed by atoms with van der Waals surface area (Å²) in [6.45, 7) is 3.64. The van der Waals surface area contributed by atoms with Gasteiger partial charge in [0.2, 0.25) is 5.75 Å². The lowest BCUT2D eigenvalue weighted by Gasteiger charge is -2.29. The Kier molecular flexibility index (Phi) is 5.68. The van der Waals surface area contributed by atoms with Crippen molar-refractivity contribution in [3.8, 4) is 5.75 Å². The molecule has 2 aromatic heterocycles. The number of fused-ring (bicyclic) bond motifs is 1. The maximum absolute atomic E-state index is 13.3. The van der Waals surface area contributed by atoms with Crippen LogP contribution in [0.2, 0.25) is 0 Å². The number of hydrogen-bond acceptors (Lipinski definition) is 7. The minimum absolute atomic E-state index is 0.00677. The highest BCUT2D eigenvalue weighted by atomic mass is 16.5. The van der Waals surface area contributed by atoms with Crippen LogP contribution in [0.15, 0.2) is 47.4 Å². The molecule has 9 nitrogen and oxygen atoms in total. The summed E-state index contributed by atoms with van der Waals surface area (Å²) in [7, 11) is 0. The van der Waals surface area contributed by atoms with Crippen molar-refractivity contribution in [3.05, 3.63) is 69.8 Å². The zero-order valence-corrected chi connectivity index (χ0v) is 16.9. The first-order valence-corrected chi connectivity index (χ1v) is 9.80. The minimum atomic E-state index is -1.41. The Balaban J connectivity index is 1.87. The first-order chi connectivity index (χ1) is 15.0. The fourth-order valence-electron chi connectivity index (χ4n) is 3.47. The first-order valence-electron chi connectivity index (χ1n) is 9.80. The molecular formula is C22H21N3O6. The lowest BCUT2D eigenvalue weighted by atomic mass is 10.1. The predicted octanol–water partition coefficient (Wildman–Crippen LogP) is 2.01. The number of nitrogens with zero attached hydrogens (tertiary/aromatic N) is 3. The van der Waals surface area contributed by atoms with E-state index in [2.05, 4.69) is 4.98 Å². The van der Waals surface area contributed by atoms with Crippen molar-refractivity contribution in [3.63, 3.8) is 0 Å². The summed E-state index contributed by atoms with van der Waals surface area (Å²) in [6.07, 6.45) is 1.56. The number of ketones is 1. The highest BCUT2D eigenvalue weighted by Gasteiger charge is 2.24. The van der Waals surface area contributed by atoms with Crippen LogP contribution < -0.4 is 15.2 Å². The van der Waals surface area contributed by atoms with Gasteiger partial charge in [-0.05, 0) is 18.6 Å². The van der Waals surface area contributed by atoms with Gasteiger partial charge in [-0.2, -0.15) is 0 Å². The Labute approximate surface area is 177 Å². The molecule has 3 heterocycles. The van der Waals surface area contributed by atoms with Crippen molar-refractivity contribution in [2.75, 3.05) is 31.2 Å². The van der Waals surface area contributed by atoms with Gasteiger partial charge in [-0.1, -0.05) is 30.3 Å². The van der Waals surface area contributed by atoms with Crippen molar-refractivity contribution in [1.29, 1.82) is 0 Å². The second kappa shape index (κ2) is 8.57. The van der Waals surface area contributed by atoms with Crippen LogP contribution in [0, 0.1) is 0 Å². The monoisotopic (exact) mass is 423 g/mol. The number of carboxylic acid groups (broad SMARTS) is 1. The van der Waals surface area contributed by atoms with Crippen LogP contribution in [-0.2, 0) is 11.3 Å². The average Bonchev–Trinajstić information content (AvgIpc) is 2.78. The maximum atomic E-state index is 13.3. The van der Waals surface area contributed by atoms with E-state index in [1.807, 2.05) is 23.1 Å².